The molecule has 6 heteroatoms. The standard InChI is InChI=1S/C71H112O6/c1-4-7-10-13-16-19-22-25-28-31-33-34-35-36-38-40-43-46-49-52-55-58-61-64-70(73)76-67-68(66-75-69(72)63-60-57-54-51-48-45-42-39-30-27-24-21-18-15-12-9-6-3)77-71(74)65-62-59-56-53-50-47-44-41-37-32-29-26-23-20-17-14-11-8-5-2/h8-9,11-12,17-18,20-22,25-27,29-31,33,35-37,41-42,45,47,50,56,59,68H,4-7,10,13-16,19,23-24,28,32,34,38-40,43-44,46,48-49,51-55,57-58,60-67H2,1-3H3/b11-8-,12-9-,20-17-,21-18-,25-22-,29-26-,30-27-,33-31-,36-35-,41-37-,45-42-,50-47-,59-56-. The van der Waals surface area contributed by atoms with E-state index in [0.29, 0.717) is 19.3 Å². The van der Waals surface area contributed by atoms with E-state index in [9.17, 15) is 14.4 Å². The van der Waals surface area contributed by atoms with Crippen molar-refractivity contribution in [3.05, 3.63) is 158 Å². The molecule has 432 valence electrons. The van der Waals surface area contributed by atoms with Crippen molar-refractivity contribution in [2.45, 2.75) is 258 Å². The van der Waals surface area contributed by atoms with E-state index in [4.69, 9.17) is 14.2 Å². The van der Waals surface area contributed by atoms with Gasteiger partial charge in [0.1, 0.15) is 13.2 Å². The Morgan fingerprint density at radius 1 is 0.273 bits per heavy atom. The summed E-state index contributed by atoms with van der Waals surface area (Å²) >= 11 is 0. The summed E-state index contributed by atoms with van der Waals surface area (Å²) in [6, 6.07) is 0. The Labute approximate surface area is 473 Å². The number of hydrogen-bond donors (Lipinski definition) is 0. The molecule has 6 nitrogen and oxygen atoms in total. The lowest BCUT2D eigenvalue weighted by atomic mass is 10.1. The number of unbranched alkanes of at least 4 members (excludes halogenated alkanes) is 17. The average Bonchev–Trinajstić information content (AvgIpc) is 3.43. The van der Waals surface area contributed by atoms with Crippen molar-refractivity contribution in [1.82, 2.24) is 0 Å². The normalized spacial score (nSPS) is 13.2. The molecule has 0 saturated heterocycles. The molecule has 0 aliphatic heterocycles. The van der Waals surface area contributed by atoms with Gasteiger partial charge in [0.2, 0.25) is 0 Å². The van der Waals surface area contributed by atoms with Crippen LogP contribution in [-0.4, -0.2) is 37.2 Å². The molecular formula is C71H112O6. The van der Waals surface area contributed by atoms with Crippen LogP contribution < -0.4 is 0 Å². The molecule has 1 unspecified atom stereocenters. The molecule has 0 aromatic rings. The van der Waals surface area contributed by atoms with Crippen molar-refractivity contribution in [2.75, 3.05) is 13.2 Å². The van der Waals surface area contributed by atoms with Crippen LogP contribution in [0.15, 0.2) is 158 Å². The Hall–Kier alpha value is -4.97. The van der Waals surface area contributed by atoms with Crippen LogP contribution in [0.3, 0.4) is 0 Å². The predicted molar refractivity (Wildman–Crippen MR) is 334 cm³/mol. The Kier molecular flexibility index (Phi) is 59.5. The summed E-state index contributed by atoms with van der Waals surface area (Å²) < 4.78 is 16.8. The lowest BCUT2D eigenvalue weighted by Crippen LogP contribution is -2.30. The zero-order chi connectivity index (χ0) is 55.7. The SMILES string of the molecule is CC/C=C\C/C=C\C/C=C\C/C=C\C/C=C\C/C=C\CCC(=O)OC(COC(=O)CCCCCC/C=C\C/C=C\C/C=C\C/C=C\CC)COC(=O)CCCCCCCCCC/C=C\C/C=C\C/C=C\CCCCCCC. The van der Waals surface area contributed by atoms with Gasteiger partial charge in [-0.2, -0.15) is 0 Å². The smallest absolute Gasteiger partial charge is 0.306 e. The second-order valence-electron chi connectivity index (χ2n) is 19.8. The Morgan fingerprint density at radius 2 is 0.532 bits per heavy atom. The minimum atomic E-state index is -0.842. The van der Waals surface area contributed by atoms with Crippen LogP contribution >= 0.6 is 0 Å². The van der Waals surface area contributed by atoms with Crippen molar-refractivity contribution in [3.8, 4) is 0 Å². The maximum atomic E-state index is 12.9. The minimum Gasteiger partial charge on any atom is -0.462 e. The van der Waals surface area contributed by atoms with E-state index in [1.807, 2.05) is 12.2 Å². The fourth-order valence-electron chi connectivity index (χ4n) is 7.94. The van der Waals surface area contributed by atoms with Gasteiger partial charge in [-0.05, 0) is 135 Å². The highest BCUT2D eigenvalue weighted by molar-refractivity contribution is 5.71. The fraction of sp³-hybridized carbons (Fsp3) is 0.592. The highest BCUT2D eigenvalue weighted by Gasteiger charge is 2.19. The number of allylic oxidation sites excluding steroid dienone is 26. The van der Waals surface area contributed by atoms with E-state index in [1.165, 1.54) is 70.6 Å². The number of esters is 3. The van der Waals surface area contributed by atoms with E-state index in [-0.39, 0.29) is 31.6 Å². The van der Waals surface area contributed by atoms with Crippen molar-refractivity contribution in [2.24, 2.45) is 0 Å². The van der Waals surface area contributed by atoms with Gasteiger partial charge in [0.15, 0.2) is 6.10 Å². The lowest BCUT2D eigenvalue weighted by Gasteiger charge is -2.18. The van der Waals surface area contributed by atoms with Crippen LogP contribution in [0.1, 0.15) is 252 Å². The summed E-state index contributed by atoms with van der Waals surface area (Å²) in [5, 5.41) is 0. The molecule has 0 saturated carbocycles. The monoisotopic (exact) mass is 1060 g/mol. The van der Waals surface area contributed by atoms with Crippen molar-refractivity contribution in [1.29, 1.82) is 0 Å². The lowest BCUT2D eigenvalue weighted by molar-refractivity contribution is -0.166. The first kappa shape index (κ1) is 72.0. The van der Waals surface area contributed by atoms with Gasteiger partial charge in [-0.15, -0.1) is 0 Å². The van der Waals surface area contributed by atoms with Gasteiger partial charge in [-0.1, -0.05) is 256 Å². The Morgan fingerprint density at radius 3 is 0.844 bits per heavy atom. The van der Waals surface area contributed by atoms with Gasteiger partial charge >= 0.3 is 17.9 Å². The van der Waals surface area contributed by atoms with Gasteiger partial charge in [-0.3, -0.25) is 14.4 Å². The first-order chi connectivity index (χ1) is 38.0. The molecule has 0 aromatic carbocycles. The first-order valence-electron chi connectivity index (χ1n) is 31.0. The van der Waals surface area contributed by atoms with Crippen LogP contribution in [0.2, 0.25) is 0 Å². The molecule has 0 heterocycles. The summed E-state index contributed by atoms with van der Waals surface area (Å²) in [5.41, 5.74) is 0. The molecule has 0 bridgehead atoms. The molecule has 1 atom stereocenters. The second-order valence-corrected chi connectivity index (χ2v) is 19.8. The third-order valence-corrected chi connectivity index (χ3v) is 12.5. The molecule has 0 rings (SSSR count). The number of hydrogen-bond acceptors (Lipinski definition) is 6. The van der Waals surface area contributed by atoms with Gasteiger partial charge in [0.05, 0.1) is 0 Å². The van der Waals surface area contributed by atoms with Crippen LogP contribution in [0.5, 0.6) is 0 Å². The first-order valence-corrected chi connectivity index (χ1v) is 31.0. The van der Waals surface area contributed by atoms with Crippen LogP contribution in [0.25, 0.3) is 0 Å². The van der Waals surface area contributed by atoms with Crippen molar-refractivity contribution < 1.29 is 28.6 Å². The number of carbonyl (C=O) groups excluding carboxylic acids is 3. The molecule has 0 fully saturated rings. The Balaban J connectivity index is 4.55. The van der Waals surface area contributed by atoms with Crippen LogP contribution in [0, 0.1) is 0 Å². The molecular weight excluding hydrogens is 949 g/mol. The number of rotatable bonds is 54. The summed E-state index contributed by atoms with van der Waals surface area (Å²) in [5.74, 6) is -1.05. The molecule has 0 aliphatic rings. The van der Waals surface area contributed by atoms with Gasteiger partial charge in [0, 0.05) is 19.3 Å². The van der Waals surface area contributed by atoms with Gasteiger partial charge in [-0.25, -0.2) is 0 Å². The maximum Gasteiger partial charge on any atom is 0.306 e. The van der Waals surface area contributed by atoms with Crippen molar-refractivity contribution in [3.63, 3.8) is 0 Å². The zero-order valence-electron chi connectivity index (χ0n) is 49.4. The molecule has 0 amide bonds. The molecule has 0 radical (unpaired) electrons. The third-order valence-electron chi connectivity index (χ3n) is 12.5. The summed E-state index contributed by atoms with van der Waals surface area (Å²) in [6.07, 6.45) is 92.5. The fourth-order valence-corrected chi connectivity index (χ4v) is 7.94. The van der Waals surface area contributed by atoms with Crippen LogP contribution in [-0.2, 0) is 28.6 Å². The molecule has 0 spiro atoms. The molecule has 0 N–H and O–H groups in total. The molecule has 0 aliphatic carbocycles. The topological polar surface area (TPSA) is 78.9 Å². The summed E-state index contributed by atoms with van der Waals surface area (Å²) in [6.45, 7) is 6.31. The van der Waals surface area contributed by atoms with E-state index in [2.05, 4.69) is 167 Å². The van der Waals surface area contributed by atoms with E-state index in [0.717, 1.165) is 135 Å². The van der Waals surface area contributed by atoms with Gasteiger partial charge in [0.25, 0.3) is 0 Å². The maximum absolute atomic E-state index is 12.9. The summed E-state index contributed by atoms with van der Waals surface area (Å²) in [4.78, 5) is 38.3. The largest absolute Gasteiger partial charge is 0.462 e. The Bertz CT molecular complexity index is 1740. The summed E-state index contributed by atoms with van der Waals surface area (Å²) in [7, 11) is 0. The van der Waals surface area contributed by atoms with E-state index < -0.39 is 12.1 Å². The van der Waals surface area contributed by atoms with Crippen LogP contribution in [0.4, 0.5) is 0 Å². The number of ether oxygens (including phenoxy) is 3. The minimum absolute atomic E-state index is 0.127. The third kappa shape index (κ3) is 61.8. The van der Waals surface area contributed by atoms with E-state index >= 15 is 0 Å². The predicted octanol–water partition coefficient (Wildman–Crippen LogP) is 21.3. The zero-order valence-corrected chi connectivity index (χ0v) is 49.4. The molecule has 77 heavy (non-hydrogen) atoms. The highest BCUT2D eigenvalue weighted by Crippen LogP contribution is 2.13. The van der Waals surface area contributed by atoms with Gasteiger partial charge < -0.3 is 14.2 Å². The van der Waals surface area contributed by atoms with E-state index in [1.54, 1.807) is 0 Å². The second kappa shape index (κ2) is 63.6. The highest BCUT2D eigenvalue weighted by atomic mass is 16.6. The molecule has 0 aromatic heterocycles. The number of carbonyl (C=O) groups is 3. The quantitative estimate of drug-likeness (QED) is 0.0261. The average molecular weight is 1060 g/mol. The van der Waals surface area contributed by atoms with Crippen molar-refractivity contribution >= 4 is 17.9 Å².